The van der Waals surface area contributed by atoms with Gasteiger partial charge >= 0.3 is 5.97 Å². The summed E-state index contributed by atoms with van der Waals surface area (Å²) in [5.41, 5.74) is 13.8. The van der Waals surface area contributed by atoms with Crippen LogP contribution < -0.4 is 16.2 Å². The number of carboxylic acids is 1. The first-order chi connectivity index (χ1) is 11.9. The summed E-state index contributed by atoms with van der Waals surface area (Å²) < 4.78 is 5.38. The van der Waals surface area contributed by atoms with Crippen molar-refractivity contribution in [3.63, 3.8) is 0 Å². The van der Waals surface area contributed by atoms with E-state index in [4.69, 9.17) is 21.3 Å². The number of nitrogens with two attached hydrogens (primary N) is 2. The van der Waals surface area contributed by atoms with Gasteiger partial charge in [-0.1, -0.05) is 18.8 Å². The number of hydrogen-bond acceptors (Lipinski definition) is 6. The average molecular weight is 340 g/mol. The van der Waals surface area contributed by atoms with E-state index in [9.17, 15) is 4.79 Å². The number of nitrogens with zero attached hydrogens (tertiary/aromatic N) is 2. The van der Waals surface area contributed by atoms with Crippen LogP contribution in [0, 0.1) is 17.8 Å². The van der Waals surface area contributed by atoms with Crippen molar-refractivity contribution < 1.29 is 14.6 Å². The fourth-order valence-electron chi connectivity index (χ4n) is 2.16. The number of aromatic nitrogens is 2. The molecular formula is C18H20N4O3. The van der Waals surface area contributed by atoms with E-state index in [2.05, 4.69) is 21.8 Å². The molecule has 1 atom stereocenters. The number of benzene rings is 1. The number of carbonyl (C=O) groups is 1. The van der Waals surface area contributed by atoms with E-state index in [1.807, 2.05) is 18.2 Å². The Kier molecular flexibility index (Phi) is 5.79. The molecule has 2 rings (SSSR count). The number of hydrogen-bond donors (Lipinski definition) is 3. The summed E-state index contributed by atoms with van der Waals surface area (Å²) in [6.45, 7) is 1.63. The summed E-state index contributed by atoms with van der Waals surface area (Å²) in [7, 11) is 1.58. The smallest absolute Gasteiger partial charge is 0.307 e. The molecule has 0 spiro atoms. The van der Waals surface area contributed by atoms with Gasteiger partial charge in [0.1, 0.15) is 11.6 Å². The molecule has 1 heterocycles. The van der Waals surface area contributed by atoms with Crippen LogP contribution in [0.3, 0.4) is 0 Å². The molecule has 0 radical (unpaired) electrons. The molecule has 5 N–H and O–H groups in total. The molecule has 0 aliphatic heterocycles. The molecule has 130 valence electrons. The van der Waals surface area contributed by atoms with Gasteiger partial charge in [0, 0.05) is 30.2 Å². The zero-order valence-electron chi connectivity index (χ0n) is 14.1. The van der Waals surface area contributed by atoms with Gasteiger partial charge in [-0.3, -0.25) is 4.79 Å². The van der Waals surface area contributed by atoms with E-state index in [-0.39, 0.29) is 12.4 Å². The monoisotopic (exact) mass is 340 g/mol. The Morgan fingerprint density at radius 1 is 1.36 bits per heavy atom. The fraction of sp³-hybridized carbons (Fsp3) is 0.278. The highest BCUT2D eigenvalue weighted by molar-refractivity contribution is 5.69. The molecule has 2 aromatic rings. The lowest BCUT2D eigenvalue weighted by atomic mass is 10.0. The highest BCUT2D eigenvalue weighted by Gasteiger charge is 2.10. The van der Waals surface area contributed by atoms with E-state index in [0.717, 1.165) is 16.7 Å². The Morgan fingerprint density at radius 3 is 2.76 bits per heavy atom. The normalized spacial score (nSPS) is 11.3. The van der Waals surface area contributed by atoms with Crippen LogP contribution in [0.2, 0.25) is 0 Å². The second kappa shape index (κ2) is 8.02. The van der Waals surface area contributed by atoms with Crippen molar-refractivity contribution in [2.75, 3.05) is 18.6 Å². The predicted octanol–water partition coefficient (Wildman–Crippen LogP) is 1.70. The Labute approximate surface area is 146 Å². The third-order valence-electron chi connectivity index (χ3n) is 3.64. The topological polar surface area (TPSA) is 124 Å². The maximum Gasteiger partial charge on any atom is 0.307 e. The lowest BCUT2D eigenvalue weighted by Gasteiger charge is -2.10. The van der Waals surface area contributed by atoms with Gasteiger partial charge in [-0.15, -0.1) is 0 Å². The quantitative estimate of drug-likeness (QED) is 0.708. The van der Waals surface area contributed by atoms with Crippen LogP contribution in [0.1, 0.15) is 30.0 Å². The number of aliphatic carboxylic acids is 1. The summed E-state index contributed by atoms with van der Waals surface area (Å²) in [6.07, 6.45) is 2.34. The highest BCUT2D eigenvalue weighted by Crippen LogP contribution is 2.24. The Morgan fingerprint density at radius 2 is 2.12 bits per heavy atom. The minimum atomic E-state index is -0.858. The molecule has 0 aliphatic carbocycles. The fourth-order valence-corrected chi connectivity index (χ4v) is 2.16. The van der Waals surface area contributed by atoms with Gasteiger partial charge in [0.05, 0.1) is 13.0 Å². The van der Waals surface area contributed by atoms with Crippen LogP contribution in [0.5, 0.6) is 5.75 Å². The van der Waals surface area contributed by atoms with Crippen molar-refractivity contribution in [1.82, 2.24) is 9.97 Å². The van der Waals surface area contributed by atoms with Crippen molar-refractivity contribution in [2.24, 2.45) is 5.92 Å². The summed E-state index contributed by atoms with van der Waals surface area (Å²) in [4.78, 5) is 18.7. The minimum absolute atomic E-state index is 0.125. The highest BCUT2D eigenvalue weighted by atomic mass is 16.5. The van der Waals surface area contributed by atoms with E-state index < -0.39 is 11.9 Å². The van der Waals surface area contributed by atoms with Crippen molar-refractivity contribution in [3.8, 4) is 17.6 Å². The average Bonchev–Trinajstić information content (AvgIpc) is 2.57. The maximum absolute atomic E-state index is 10.8. The molecule has 7 heteroatoms. The van der Waals surface area contributed by atoms with E-state index >= 15 is 0 Å². The van der Waals surface area contributed by atoms with Crippen LogP contribution >= 0.6 is 0 Å². The molecule has 7 nitrogen and oxygen atoms in total. The van der Waals surface area contributed by atoms with Crippen LogP contribution in [0.15, 0.2) is 24.4 Å². The second-order valence-electron chi connectivity index (χ2n) is 5.59. The molecule has 25 heavy (non-hydrogen) atoms. The number of carboxylic acid groups (broad SMARTS) is 1. The molecular weight excluding hydrogens is 320 g/mol. The van der Waals surface area contributed by atoms with Gasteiger partial charge in [0.15, 0.2) is 0 Å². The zero-order valence-corrected chi connectivity index (χ0v) is 14.1. The lowest BCUT2D eigenvalue weighted by molar-refractivity contribution is -0.140. The molecule has 0 saturated carbocycles. The number of nitrogen functional groups attached to an aromatic ring is 2. The van der Waals surface area contributed by atoms with Crippen molar-refractivity contribution in [1.29, 1.82) is 0 Å². The van der Waals surface area contributed by atoms with Gasteiger partial charge in [-0.25, -0.2) is 4.98 Å². The lowest BCUT2D eigenvalue weighted by Crippen LogP contribution is -2.07. The van der Waals surface area contributed by atoms with Gasteiger partial charge in [0.25, 0.3) is 0 Å². The molecule has 1 aromatic heterocycles. The first-order valence-electron chi connectivity index (χ1n) is 7.66. The van der Waals surface area contributed by atoms with Gasteiger partial charge in [0.2, 0.25) is 5.95 Å². The molecule has 1 unspecified atom stereocenters. The van der Waals surface area contributed by atoms with E-state index in [1.54, 1.807) is 20.2 Å². The van der Waals surface area contributed by atoms with Crippen LogP contribution in [0.25, 0.3) is 0 Å². The molecule has 0 fully saturated rings. The standard InChI is InChI=1S/C18H20N4O3/c1-11(17(23)24)4-3-5-12-6-7-15(25-2)13(8-12)9-14-10-21-18(20)22-16(14)19/h6-8,10-11H,4,9H2,1-2H3,(H,23,24)(H4,19,20,21,22). The molecule has 0 aliphatic rings. The zero-order chi connectivity index (χ0) is 18.4. The Hall–Kier alpha value is -3.27. The molecule has 0 saturated heterocycles. The number of rotatable bonds is 5. The van der Waals surface area contributed by atoms with Crippen molar-refractivity contribution >= 4 is 17.7 Å². The third-order valence-corrected chi connectivity index (χ3v) is 3.64. The van der Waals surface area contributed by atoms with E-state index in [0.29, 0.717) is 18.0 Å². The Bertz CT molecular complexity index is 840. The first-order valence-corrected chi connectivity index (χ1v) is 7.66. The van der Waals surface area contributed by atoms with Gasteiger partial charge < -0.3 is 21.3 Å². The van der Waals surface area contributed by atoms with Crippen LogP contribution in [0.4, 0.5) is 11.8 Å². The molecule has 1 aromatic carbocycles. The maximum atomic E-state index is 10.8. The SMILES string of the molecule is COc1ccc(C#CCC(C)C(=O)O)cc1Cc1cnc(N)nc1N. The first kappa shape index (κ1) is 18.1. The number of anilines is 2. The molecule has 0 amide bonds. The summed E-state index contributed by atoms with van der Waals surface area (Å²) in [5.74, 6) is 5.65. The summed E-state index contributed by atoms with van der Waals surface area (Å²) in [6, 6.07) is 5.52. The van der Waals surface area contributed by atoms with Crippen molar-refractivity contribution in [3.05, 3.63) is 41.1 Å². The molecule has 0 bridgehead atoms. The largest absolute Gasteiger partial charge is 0.496 e. The third kappa shape index (κ3) is 4.85. The summed E-state index contributed by atoms with van der Waals surface area (Å²) >= 11 is 0. The van der Waals surface area contributed by atoms with Gasteiger partial charge in [-0.05, 0) is 23.8 Å². The summed E-state index contributed by atoms with van der Waals surface area (Å²) in [5, 5.41) is 8.88. The second-order valence-corrected chi connectivity index (χ2v) is 5.59. The van der Waals surface area contributed by atoms with Gasteiger partial charge in [-0.2, -0.15) is 4.98 Å². The number of ether oxygens (including phenoxy) is 1. The Balaban J connectivity index is 2.25. The van der Waals surface area contributed by atoms with E-state index in [1.165, 1.54) is 0 Å². The van der Waals surface area contributed by atoms with Crippen molar-refractivity contribution in [2.45, 2.75) is 19.8 Å². The number of methoxy groups -OCH3 is 1. The van der Waals surface area contributed by atoms with Crippen LogP contribution in [-0.4, -0.2) is 28.2 Å². The van der Waals surface area contributed by atoms with Crippen LogP contribution in [-0.2, 0) is 11.2 Å². The minimum Gasteiger partial charge on any atom is -0.496 e. The predicted molar refractivity (Wildman–Crippen MR) is 95.0 cm³/mol.